The highest BCUT2D eigenvalue weighted by molar-refractivity contribution is 8.01. The van der Waals surface area contributed by atoms with E-state index >= 15 is 0 Å². The van der Waals surface area contributed by atoms with Crippen LogP contribution in [-0.4, -0.2) is 37.5 Å². The van der Waals surface area contributed by atoms with E-state index in [9.17, 15) is 9.59 Å². The monoisotopic (exact) mass is 385 g/mol. The Morgan fingerprint density at radius 3 is 2.63 bits per heavy atom. The maximum absolute atomic E-state index is 12.2. The fraction of sp³-hybridized carbons (Fsp3) is 0.211. The normalized spacial score (nSPS) is 15.8. The van der Waals surface area contributed by atoms with Gasteiger partial charge in [0.2, 0.25) is 11.8 Å². The maximum Gasteiger partial charge on any atom is 0.241 e. The Labute approximate surface area is 161 Å². The van der Waals surface area contributed by atoms with E-state index in [4.69, 9.17) is 9.47 Å². The molecule has 0 radical (unpaired) electrons. The smallest absolute Gasteiger partial charge is 0.241 e. The zero-order valence-corrected chi connectivity index (χ0v) is 15.7. The van der Waals surface area contributed by atoms with Crippen LogP contribution in [0.4, 0.5) is 5.69 Å². The van der Waals surface area contributed by atoms with Crippen LogP contribution in [0.2, 0.25) is 0 Å². The molecule has 0 aliphatic carbocycles. The van der Waals surface area contributed by atoms with E-state index in [0.717, 1.165) is 10.6 Å². The van der Waals surface area contributed by atoms with Crippen LogP contribution < -0.4 is 20.2 Å². The Bertz CT molecular complexity index is 863. The molecule has 1 heterocycles. The molecule has 1 aliphatic rings. The number of carbonyl (C=O) groups is 2. The summed E-state index contributed by atoms with van der Waals surface area (Å²) < 4.78 is 10.4. The lowest BCUT2D eigenvalue weighted by molar-refractivity contribution is -0.124. The van der Waals surface area contributed by atoms with Gasteiger partial charge in [-0.25, -0.2) is 5.43 Å². The molecule has 0 unspecified atom stereocenters. The Kier molecular flexibility index (Phi) is 5.97. The van der Waals surface area contributed by atoms with Crippen LogP contribution in [-0.2, 0) is 9.59 Å². The number of carbonyl (C=O) groups excluding carboxylic acids is 2. The van der Waals surface area contributed by atoms with Gasteiger partial charge in [-0.15, -0.1) is 11.8 Å². The number of ether oxygens (including phenoxy) is 2. The Morgan fingerprint density at radius 1 is 1.22 bits per heavy atom. The minimum absolute atomic E-state index is 0.0314. The zero-order chi connectivity index (χ0) is 19.2. The van der Waals surface area contributed by atoms with Crippen molar-refractivity contribution in [3.05, 3.63) is 48.0 Å². The van der Waals surface area contributed by atoms with Crippen LogP contribution in [0.3, 0.4) is 0 Å². The molecule has 0 spiro atoms. The van der Waals surface area contributed by atoms with Gasteiger partial charge in [0, 0.05) is 22.9 Å². The lowest BCUT2D eigenvalue weighted by Crippen LogP contribution is -2.33. The highest BCUT2D eigenvalue weighted by Gasteiger charge is 2.28. The van der Waals surface area contributed by atoms with Crippen LogP contribution in [0, 0.1) is 0 Å². The van der Waals surface area contributed by atoms with Crippen molar-refractivity contribution in [2.75, 3.05) is 19.5 Å². The number of nitrogens with zero attached hydrogens (tertiary/aromatic N) is 1. The number of hydrogen-bond acceptors (Lipinski definition) is 6. The van der Waals surface area contributed by atoms with E-state index in [1.807, 2.05) is 24.3 Å². The molecule has 0 aromatic heterocycles. The van der Waals surface area contributed by atoms with Gasteiger partial charge in [0.1, 0.15) is 11.5 Å². The second-order valence-corrected chi connectivity index (χ2v) is 6.98. The third-order valence-corrected chi connectivity index (χ3v) is 5.13. The van der Waals surface area contributed by atoms with Gasteiger partial charge in [-0.3, -0.25) is 9.59 Å². The average molecular weight is 385 g/mol. The molecule has 2 N–H and O–H groups in total. The molecule has 0 saturated carbocycles. The summed E-state index contributed by atoms with van der Waals surface area (Å²) in [5, 5.41) is 6.27. The van der Waals surface area contributed by atoms with Crippen molar-refractivity contribution in [1.29, 1.82) is 0 Å². The van der Waals surface area contributed by atoms with Crippen molar-refractivity contribution in [3.8, 4) is 11.5 Å². The van der Waals surface area contributed by atoms with Gasteiger partial charge in [0.25, 0.3) is 0 Å². The van der Waals surface area contributed by atoms with E-state index in [-0.39, 0.29) is 18.2 Å². The highest BCUT2D eigenvalue weighted by atomic mass is 32.2. The summed E-state index contributed by atoms with van der Waals surface area (Å²) in [4.78, 5) is 25.2. The van der Waals surface area contributed by atoms with E-state index in [1.165, 1.54) is 18.0 Å². The minimum Gasteiger partial charge on any atom is -0.497 e. The van der Waals surface area contributed by atoms with Crippen molar-refractivity contribution < 1.29 is 19.1 Å². The number of amides is 2. The minimum atomic E-state index is -0.494. The number of fused-ring (bicyclic) bond motifs is 1. The molecule has 0 fully saturated rings. The average Bonchev–Trinajstić information content (AvgIpc) is 2.68. The molecule has 3 rings (SSSR count). The van der Waals surface area contributed by atoms with Crippen LogP contribution in [0.15, 0.2) is 52.5 Å². The second kappa shape index (κ2) is 8.59. The Balaban J connectivity index is 1.59. The number of hydrazone groups is 1. The Morgan fingerprint density at radius 2 is 1.93 bits per heavy atom. The molecule has 1 atom stereocenters. The first-order valence-electron chi connectivity index (χ1n) is 8.20. The summed E-state index contributed by atoms with van der Waals surface area (Å²) >= 11 is 1.38. The van der Waals surface area contributed by atoms with Crippen molar-refractivity contribution in [2.24, 2.45) is 5.10 Å². The molecule has 140 valence electrons. The third-order valence-electron chi connectivity index (χ3n) is 3.85. The number of thioether (sulfide) groups is 1. The molecule has 1 aliphatic heterocycles. The van der Waals surface area contributed by atoms with E-state index in [0.29, 0.717) is 17.1 Å². The van der Waals surface area contributed by atoms with Gasteiger partial charge in [0.05, 0.1) is 31.4 Å². The molecular weight excluding hydrogens is 366 g/mol. The molecule has 2 aromatic rings. The van der Waals surface area contributed by atoms with Gasteiger partial charge in [-0.05, 0) is 24.3 Å². The van der Waals surface area contributed by atoms with E-state index in [2.05, 4.69) is 15.8 Å². The Hall–Kier alpha value is -3.00. The predicted octanol–water partition coefficient (Wildman–Crippen LogP) is 2.66. The highest BCUT2D eigenvalue weighted by Crippen LogP contribution is 2.36. The summed E-state index contributed by atoms with van der Waals surface area (Å²) in [6.07, 6.45) is 1.52. The number of anilines is 1. The van der Waals surface area contributed by atoms with Gasteiger partial charge in [-0.2, -0.15) is 5.10 Å². The van der Waals surface area contributed by atoms with E-state index < -0.39 is 5.25 Å². The van der Waals surface area contributed by atoms with Crippen molar-refractivity contribution in [2.45, 2.75) is 16.6 Å². The molecule has 7 nitrogen and oxygen atoms in total. The summed E-state index contributed by atoms with van der Waals surface area (Å²) in [6.45, 7) is 0. The number of benzene rings is 2. The summed E-state index contributed by atoms with van der Waals surface area (Å²) in [5.41, 5.74) is 3.94. The van der Waals surface area contributed by atoms with Crippen LogP contribution in [0.5, 0.6) is 11.5 Å². The summed E-state index contributed by atoms with van der Waals surface area (Å²) in [7, 11) is 3.12. The number of nitrogens with one attached hydrogen (secondary N) is 2. The van der Waals surface area contributed by atoms with Gasteiger partial charge < -0.3 is 14.8 Å². The molecule has 27 heavy (non-hydrogen) atoms. The quantitative estimate of drug-likeness (QED) is 0.589. The SMILES string of the molecule is COc1cc(/C=N\NC(=O)C[C@@H]2Sc3ccccc3NC2=O)cc(OC)c1. The first-order valence-corrected chi connectivity index (χ1v) is 9.08. The number of para-hydroxylation sites is 1. The molecule has 8 heteroatoms. The standard InChI is InChI=1S/C19H19N3O4S/c1-25-13-7-12(8-14(9-13)26-2)11-20-22-18(23)10-17-19(24)21-15-5-3-4-6-16(15)27-17/h3-9,11,17H,10H2,1-2H3,(H,21,24)(H,22,23)/b20-11-/t17-/m0/s1. The third kappa shape index (κ3) is 4.79. The number of methoxy groups -OCH3 is 2. The topological polar surface area (TPSA) is 89.0 Å². The van der Waals surface area contributed by atoms with Gasteiger partial charge in [0.15, 0.2) is 0 Å². The first kappa shape index (κ1) is 18.8. The molecule has 0 saturated heterocycles. The lowest BCUT2D eigenvalue weighted by atomic mass is 10.2. The van der Waals surface area contributed by atoms with E-state index in [1.54, 1.807) is 32.4 Å². The molecule has 2 amide bonds. The van der Waals surface area contributed by atoms with Gasteiger partial charge >= 0.3 is 0 Å². The fourth-order valence-electron chi connectivity index (χ4n) is 2.52. The molecule has 2 aromatic carbocycles. The molecule has 0 bridgehead atoms. The fourth-order valence-corrected chi connectivity index (χ4v) is 3.63. The number of hydrogen-bond donors (Lipinski definition) is 2. The largest absolute Gasteiger partial charge is 0.497 e. The molecular formula is C19H19N3O4S. The summed E-state index contributed by atoms with van der Waals surface area (Å²) in [5.74, 6) is 0.718. The second-order valence-electron chi connectivity index (χ2n) is 5.74. The van der Waals surface area contributed by atoms with Crippen LogP contribution in [0.1, 0.15) is 12.0 Å². The zero-order valence-electron chi connectivity index (χ0n) is 14.9. The lowest BCUT2D eigenvalue weighted by Gasteiger charge is -2.23. The maximum atomic E-state index is 12.2. The summed E-state index contributed by atoms with van der Waals surface area (Å²) in [6, 6.07) is 12.8. The van der Waals surface area contributed by atoms with Crippen LogP contribution >= 0.6 is 11.8 Å². The van der Waals surface area contributed by atoms with Crippen molar-refractivity contribution in [1.82, 2.24) is 5.43 Å². The predicted molar refractivity (Wildman–Crippen MR) is 105 cm³/mol. The van der Waals surface area contributed by atoms with Crippen LogP contribution in [0.25, 0.3) is 0 Å². The first-order chi connectivity index (χ1) is 13.1. The number of rotatable bonds is 6. The van der Waals surface area contributed by atoms with Crippen molar-refractivity contribution >= 4 is 35.5 Å². The van der Waals surface area contributed by atoms with Gasteiger partial charge in [-0.1, -0.05) is 12.1 Å². The van der Waals surface area contributed by atoms with Crippen molar-refractivity contribution in [3.63, 3.8) is 0 Å².